The molecule has 0 unspecified atom stereocenters. The van der Waals surface area contributed by atoms with Crippen LogP contribution in [0, 0.1) is 0 Å². The topological polar surface area (TPSA) is 94.5 Å². The van der Waals surface area contributed by atoms with Gasteiger partial charge in [0.2, 0.25) is 11.8 Å². The van der Waals surface area contributed by atoms with Gasteiger partial charge in [-0.1, -0.05) is 18.2 Å². The summed E-state index contributed by atoms with van der Waals surface area (Å²) in [6.07, 6.45) is 0.0126. The second kappa shape index (κ2) is 7.67. The zero-order valence-corrected chi connectivity index (χ0v) is 16.0. The summed E-state index contributed by atoms with van der Waals surface area (Å²) in [5.41, 5.74) is 2.05. The summed E-state index contributed by atoms with van der Waals surface area (Å²) >= 11 is 0. The Morgan fingerprint density at radius 1 is 1.10 bits per heavy atom. The van der Waals surface area contributed by atoms with Gasteiger partial charge in [0.25, 0.3) is 0 Å². The molecule has 0 saturated heterocycles. The zero-order chi connectivity index (χ0) is 20.4. The van der Waals surface area contributed by atoms with Crippen LogP contribution in [-0.2, 0) is 9.59 Å². The number of amides is 2. The predicted octanol–water partition coefficient (Wildman–Crippen LogP) is 3.09. The average molecular weight is 392 g/mol. The van der Waals surface area contributed by atoms with E-state index in [1.165, 1.54) is 0 Å². The van der Waals surface area contributed by atoms with Crippen LogP contribution in [0.15, 0.2) is 54.6 Å². The van der Waals surface area contributed by atoms with Crippen LogP contribution in [0.5, 0.6) is 11.5 Å². The van der Waals surface area contributed by atoms with Crippen molar-refractivity contribution < 1.29 is 19.1 Å². The largest absolute Gasteiger partial charge is 0.493 e. The van der Waals surface area contributed by atoms with Crippen molar-refractivity contribution in [3.05, 3.63) is 54.6 Å². The third-order valence-electron chi connectivity index (χ3n) is 4.70. The fourth-order valence-electron chi connectivity index (χ4n) is 3.27. The number of fused-ring (bicyclic) bond motifs is 1. The van der Waals surface area contributed by atoms with Gasteiger partial charge in [-0.2, -0.15) is 5.10 Å². The minimum absolute atomic E-state index is 0.0126. The molecule has 0 aliphatic carbocycles. The van der Waals surface area contributed by atoms with Gasteiger partial charge < -0.3 is 20.1 Å². The Kier molecular flexibility index (Phi) is 4.90. The Morgan fingerprint density at radius 2 is 1.86 bits per heavy atom. The van der Waals surface area contributed by atoms with Crippen LogP contribution >= 0.6 is 0 Å². The minimum atomic E-state index is -0.743. The van der Waals surface area contributed by atoms with Gasteiger partial charge in [0.05, 0.1) is 26.3 Å². The number of methoxy groups -OCH3 is 2. The number of para-hydroxylation sites is 1. The first-order chi connectivity index (χ1) is 14.1. The Bertz CT molecular complexity index is 1060. The first-order valence-electron chi connectivity index (χ1n) is 9.06. The molecule has 2 heterocycles. The number of nitrogens with zero attached hydrogens (tertiary/aromatic N) is 2. The molecule has 0 spiro atoms. The van der Waals surface area contributed by atoms with Gasteiger partial charge in [0, 0.05) is 17.3 Å². The second-order valence-corrected chi connectivity index (χ2v) is 6.55. The van der Waals surface area contributed by atoms with Gasteiger partial charge in [-0.05, 0) is 30.3 Å². The van der Waals surface area contributed by atoms with E-state index in [2.05, 4.69) is 15.7 Å². The number of carbonyl (C=O) groups excluding carboxylic acids is 2. The summed E-state index contributed by atoms with van der Waals surface area (Å²) in [7, 11) is 3.13. The normalized spacial score (nSPS) is 15.2. The maximum atomic E-state index is 12.8. The molecule has 29 heavy (non-hydrogen) atoms. The van der Waals surface area contributed by atoms with Crippen LogP contribution in [0.4, 0.5) is 11.5 Å². The molecule has 1 aliphatic heterocycles. The predicted molar refractivity (Wildman–Crippen MR) is 108 cm³/mol. The smallest absolute Gasteiger partial charge is 0.249 e. The Hall–Kier alpha value is -3.81. The minimum Gasteiger partial charge on any atom is -0.493 e. The number of anilines is 2. The van der Waals surface area contributed by atoms with Crippen molar-refractivity contribution in [2.45, 2.75) is 12.5 Å². The average Bonchev–Trinajstić information content (AvgIpc) is 3.17. The molecule has 0 radical (unpaired) electrons. The highest BCUT2D eigenvalue weighted by Crippen LogP contribution is 2.34. The summed E-state index contributed by atoms with van der Waals surface area (Å²) in [4.78, 5) is 25.0. The van der Waals surface area contributed by atoms with Crippen LogP contribution in [0.3, 0.4) is 0 Å². The van der Waals surface area contributed by atoms with Crippen LogP contribution in [-0.4, -0.2) is 35.8 Å². The molecule has 1 aliphatic rings. The van der Waals surface area contributed by atoms with E-state index < -0.39 is 6.04 Å². The highest BCUT2D eigenvalue weighted by Gasteiger charge is 2.32. The maximum absolute atomic E-state index is 12.8. The molecule has 2 aromatic carbocycles. The number of aromatic nitrogens is 2. The summed E-state index contributed by atoms with van der Waals surface area (Å²) < 4.78 is 12.2. The number of rotatable bonds is 5. The molecular weight excluding hydrogens is 372 g/mol. The van der Waals surface area contributed by atoms with E-state index in [0.717, 1.165) is 5.56 Å². The van der Waals surface area contributed by atoms with E-state index in [9.17, 15) is 9.59 Å². The summed E-state index contributed by atoms with van der Waals surface area (Å²) in [6, 6.07) is 15.5. The maximum Gasteiger partial charge on any atom is 0.249 e. The van der Waals surface area contributed by atoms with E-state index in [-0.39, 0.29) is 18.2 Å². The van der Waals surface area contributed by atoms with Crippen molar-refractivity contribution in [2.24, 2.45) is 0 Å². The van der Waals surface area contributed by atoms with E-state index in [1.807, 2.05) is 24.3 Å². The lowest BCUT2D eigenvalue weighted by molar-refractivity contribution is -0.125. The van der Waals surface area contributed by atoms with Gasteiger partial charge in [-0.25, -0.2) is 4.68 Å². The van der Waals surface area contributed by atoms with Crippen LogP contribution in [0.1, 0.15) is 12.5 Å². The van der Waals surface area contributed by atoms with Crippen molar-refractivity contribution in [1.82, 2.24) is 9.78 Å². The molecule has 1 atom stereocenters. The third kappa shape index (κ3) is 3.64. The Morgan fingerprint density at radius 3 is 2.59 bits per heavy atom. The van der Waals surface area contributed by atoms with Gasteiger partial charge in [-0.3, -0.25) is 9.59 Å². The molecule has 0 saturated carbocycles. The lowest BCUT2D eigenvalue weighted by Gasteiger charge is -2.23. The number of hydrogen-bond acceptors (Lipinski definition) is 5. The van der Waals surface area contributed by atoms with E-state index in [4.69, 9.17) is 9.47 Å². The van der Waals surface area contributed by atoms with E-state index in [1.54, 1.807) is 49.2 Å². The standard InChI is InChI=1S/C21H20N4O4/c1-28-17-9-8-13(10-18(17)29-2)15-11-19-23-20(26)12-16(25(19)24-15)21(27)22-14-6-4-3-5-7-14/h3-11,16H,12H2,1-2H3,(H,22,27)(H,23,26)/t16-/m1/s1. The van der Waals surface area contributed by atoms with Crippen molar-refractivity contribution in [2.75, 3.05) is 24.9 Å². The fraction of sp³-hybridized carbons (Fsp3) is 0.190. The molecule has 2 N–H and O–H groups in total. The molecular formula is C21H20N4O4. The van der Waals surface area contributed by atoms with Crippen molar-refractivity contribution in [1.29, 1.82) is 0 Å². The summed E-state index contributed by atoms with van der Waals surface area (Å²) in [6.45, 7) is 0. The molecule has 8 heteroatoms. The van der Waals surface area contributed by atoms with Gasteiger partial charge >= 0.3 is 0 Å². The second-order valence-electron chi connectivity index (χ2n) is 6.55. The SMILES string of the molecule is COc1ccc(-c2cc3n(n2)[C@@H](C(=O)Nc2ccccc2)CC(=O)N3)cc1OC. The fourth-order valence-corrected chi connectivity index (χ4v) is 3.27. The van der Waals surface area contributed by atoms with Crippen molar-refractivity contribution in [3.63, 3.8) is 0 Å². The van der Waals surface area contributed by atoms with Crippen LogP contribution < -0.4 is 20.1 Å². The number of benzene rings is 2. The number of carbonyl (C=O) groups is 2. The Labute approximate surface area is 167 Å². The molecule has 8 nitrogen and oxygen atoms in total. The molecule has 0 bridgehead atoms. The molecule has 148 valence electrons. The summed E-state index contributed by atoms with van der Waals surface area (Å²) in [5, 5.41) is 10.2. The number of hydrogen-bond donors (Lipinski definition) is 2. The van der Waals surface area contributed by atoms with Crippen molar-refractivity contribution in [3.8, 4) is 22.8 Å². The zero-order valence-electron chi connectivity index (χ0n) is 16.0. The van der Waals surface area contributed by atoms with Gasteiger partial charge in [-0.15, -0.1) is 0 Å². The lowest BCUT2D eigenvalue weighted by atomic mass is 10.1. The molecule has 4 rings (SSSR count). The number of nitrogens with one attached hydrogen (secondary N) is 2. The third-order valence-corrected chi connectivity index (χ3v) is 4.70. The van der Waals surface area contributed by atoms with Gasteiger partial charge in [0.1, 0.15) is 11.9 Å². The highest BCUT2D eigenvalue weighted by molar-refractivity contribution is 6.01. The first kappa shape index (κ1) is 18.5. The summed E-state index contributed by atoms with van der Waals surface area (Å²) in [5.74, 6) is 1.12. The van der Waals surface area contributed by atoms with Crippen LogP contribution in [0.25, 0.3) is 11.3 Å². The molecule has 2 amide bonds. The van der Waals surface area contributed by atoms with E-state index in [0.29, 0.717) is 28.7 Å². The first-order valence-corrected chi connectivity index (χ1v) is 9.06. The number of ether oxygens (including phenoxy) is 2. The van der Waals surface area contributed by atoms with Gasteiger partial charge in [0.15, 0.2) is 11.5 Å². The van der Waals surface area contributed by atoms with E-state index >= 15 is 0 Å². The quantitative estimate of drug-likeness (QED) is 0.696. The van der Waals surface area contributed by atoms with Crippen molar-refractivity contribution >= 4 is 23.3 Å². The lowest BCUT2D eigenvalue weighted by Crippen LogP contribution is -2.35. The molecule has 1 aromatic heterocycles. The Balaban J connectivity index is 1.66. The molecule has 0 fully saturated rings. The highest BCUT2D eigenvalue weighted by atomic mass is 16.5. The molecule has 3 aromatic rings. The monoisotopic (exact) mass is 392 g/mol. The van der Waals surface area contributed by atoms with Crippen LogP contribution in [0.2, 0.25) is 0 Å².